The largest absolute Gasteiger partial charge is 0.504 e. The minimum absolute atomic E-state index is 0.0395. The first-order valence-corrected chi connectivity index (χ1v) is 7.77. The zero-order valence-electron chi connectivity index (χ0n) is 11.6. The van der Waals surface area contributed by atoms with Crippen molar-refractivity contribution < 1.29 is 23.7 Å². The van der Waals surface area contributed by atoms with Gasteiger partial charge in [0.2, 0.25) is 0 Å². The molecule has 1 unspecified atom stereocenters. The van der Waals surface area contributed by atoms with Gasteiger partial charge in [-0.3, -0.25) is 9.36 Å². The van der Waals surface area contributed by atoms with Gasteiger partial charge in [0.15, 0.2) is 11.5 Å². The van der Waals surface area contributed by atoms with Crippen LogP contribution < -0.4 is 15.3 Å². The van der Waals surface area contributed by atoms with E-state index in [4.69, 9.17) is 9.26 Å². The molecule has 2 rings (SSSR count). The fourth-order valence-electron chi connectivity index (χ4n) is 2.03. The molecule has 2 aromatic rings. The number of aldehydes is 1. The van der Waals surface area contributed by atoms with Crippen molar-refractivity contribution in [2.75, 3.05) is 14.2 Å². The summed E-state index contributed by atoms with van der Waals surface area (Å²) in [5.41, 5.74) is 0.243. The van der Waals surface area contributed by atoms with Crippen LogP contribution >= 0.6 is 7.37 Å². The molecule has 0 aliphatic rings. The fourth-order valence-corrected chi connectivity index (χ4v) is 3.99. The summed E-state index contributed by atoms with van der Waals surface area (Å²) in [5, 5.41) is 10.7. The van der Waals surface area contributed by atoms with Crippen LogP contribution in [0.5, 0.6) is 11.5 Å². The van der Waals surface area contributed by atoms with E-state index in [9.17, 15) is 14.5 Å². The molecule has 0 spiro atoms. The maximum absolute atomic E-state index is 13.2. The second kappa shape index (κ2) is 6.12. The molecule has 5 nitrogen and oxygen atoms in total. The molecule has 2 aromatic carbocycles. The van der Waals surface area contributed by atoms with Crippen molar-refractivity contribution in [1.29, 1.82) is 0 Å². The van der Waals surface area contributed by atoms with Crippen LogP contribution in [0.1, 0.15) is 10.4 Å². The maximum Gasteiger partial charge on any atom is 0.264 e. The second-order valence-electron chi connectivity index (χ2n) is 4.28. The van der Waals surface area contributed by atoms with E-state index in [0.29, 0.717) is 11.6 Å². The number of hydrogen-bond acceptors (Lipinski definition) is 5. The normalized spacial score (nSPS) is 13.4. The lowest BCUT2D eigenvalue weighted by Crippen LogP contribution is -2.18. The molecule has 0 bridgehead atoms. The number of ether oxygens (including phenoxy) is 1. The predicted molar refractivity (Wildman–Crippen MR) is 80.4 cm³/mol. The van der Waals surface area contributed by atoms with Gasteiger partial charge in [0, 0.05) is 18.0 Å². The first-order valence-electron chi connectivity index (χ1n) is 6.15. The highest BCUT2D eigenvalue weighted by Gasteiger charge is 2.32. The summed E-state index contributed by atoms with van der Waals surface area (Å²) >= 11 is 0. The van der Waals surface area contributed by atoms with Gasteiger partial charge >= 0.3 is 0 Å². The van der Waals surface area contributed by atoms with E-state index < -0.39 is 7.37 Å². The zero-order valence-corrected chi connectivity index (χ0v) is 12.5. The van der Waals surface area contributed by atoms with Crippen LogP contribution in [-0.2, 0) is 9.09 Å². The highest BCUT2D eigenvalue weighted by molar-refractivity contribution is 7.74. The molecule has 110 valence electrons. The van der Waals surface area contributed by atoms with Crippen molar-refractivity contribution in [2.45, 2.75) is 0 Å². The Kier molecular flexibility index (Phi) is 4.46. The number of benzene rings is 2. The third kappa shape index (κ3) is 2.71. The Balaban J connectivity index is 2.73. The maximum atomic E-state index is 13.2. The van der Waals surface area contributed by atoms with Crippen LogP contribution in [0.2, 0.25) is 0 Å². The number of rotatable bonds is 5. The lowest BCUT2D eigenvalue weighted by molar-refractivity contribution is 0.112. The topological polar surface area (TPSA) is 72.8 Å². The van der Waals surface area contributed by atoms with Crippen molar-refractivity contribution in [3.63, 3.8) is 0 Å². The average molecular weight is 306 g/mol. The van der Waals surface area contributed by atoms with Crippen molar-refractivity contribution in [2.24, 2.45) is 0 Å². The van der Waals surface area contributed by atoms with Gasteiger partial charge in [0.05, 0.1) is 12.4 Å². The molecule has 1 atom stereocenters. The van der Waals surface area contributed by atoms with Crippen molar-refractivity contribution in [1.82, 2.24) is 0 Å². The van der Waals surface area contributed by atoms with E-state index in [1.165, 1.54) is 26.4 Å². The van der Waals surface area contributed by atoms with E-state index in [-0.39, 0.29) is 22.4 Å². The van der Waals surface area contributed by atoms with Crippen LogP contribution in [-0.4, -0.2) is 25.6 Å². The summed E-state index contributed by atoms with van der Waals surface area (Å²) in [6.45, 7) is 0. The Hall–Kier alpha value is -2.10. The number of carbonyl (C=O) groups excluding carboxylic acids is 1. The molecule has 1 N–H and O–H groups in total. The standard InChI is InChI=1S/C15H15O5P/c1-19-13-8-11(10-16)9-14(15(13)17)21(18,20-2)12-6-4-3-5-7-12/h3-10,17H,1-2H3. The summed E-state index contributed by atoms with van der Waals surface area (Å²) in [5.74, 6) is -0.222. The highest BCUT2D eigenvalue weighted by atomic mass is 31.2. The first kappa shape index (κ1) is 15.3. The van der Waals surface area contributed by atoms with E-state index in [1.54, 1.807) is 30.3 Å². The van der Waals surface area contributed by atoms with Gasteiger partial charge in [-0.15, -0.1) is 0 Å². The number of methoxy groups -OCH3 is 1. The predicted octanol–water partition coefficient (Wildman–Crippen LogP) is 2.09. The molecule has 0 amide bonds. The molecule has 0 aliphatic heterocycles. The minimum atomic E-state index is -3.51. The summed E-state index contributed by atoms with van der Waals surface area (Å²) in [4.78, 5) is 11.0. The number of phenolic OH excluding ortho intramolecular Hbond substituents is 1. The Bertz CT molecular complexity index is 697. The third-order valence-electron chi connectivity index (χ3n) is 3.10. The van der Waals surface area contributed by atoms with Gasteiger partial charge in [-0.25, -0.2) is 0 Å². The van der Waals surface area contributed by atoms with Gasteiger partial charge in [-0.05, 0) is 24.3 Å². The Morgan fingerprint density at radius 2 is 1.81 bits per heavy atom. The molecule has 0 aromatic heterocycles. The minimum Gasteiger partial charge on any atom is -0.504 e. The van der Waals surface area contributed by atoms with Gasteiger partial charge in [0.1, 0.15) is 6.29 Å². The van der Waals surface area contributed by atoms with E-state index in [2.05, 4.69) is 0 Å². The Labute approximate surface area is 122 Å². The Morgan fingerprint density at radius 3 is 2.33 bits per heavy atom. The molecule has 0 aliphatic carbocycles. The van der Waals surface area contributed by atoms with Crippen LogP contribution in [0, 0.1) is 0 Å². The number of carbonyl (C=O) groups is 1. The molecule has 0 saturated heterocycles. The van der Waals surface area contributed by atoms with E-state index in [1.807, 2.05) is 0 Å². The van der Waals surface area contributed by atoms with E-state index >= 15 is 0 Å². The number of hydrogen-bond donors (Lipinski definition) is 1. The van der Waals surface area contributed by atoms with Gasteiger partial charge in [-0.2, -0.15) is 0 Å². The molecule has 6 heteroatoms. The quantitative estimate of drug-likeness (QED) is 0.676. The van der Waals surface area contributed by atoms with Gasteiger partial charge in [-0.1, -0.05) is 18.2 Å². The van der Waals surface area contributed by atoms with Crippen molar-refractivity contribution >= 4 is 24.3 Å². The summed E-state index contributed by atoms with van der Waals surface area (Å²) in [6, 6.07) is 11.2. The lowest BCUT2D eigenvalue weighted by Gasteiger charge is -2.19. The van der Waals surface area contributed by atoms with Crippen molar-refractivity contribution in [3.05, 3.63) is 48.0 Å². The fraction of sp³-hybridized carbons (Fsp3) is 0.133. The monoisotopic (exact) mass is 306 g/mol. The highest BCUT2D eigenvalue weighted by Crippen LogP contribution is 2.48. The average Bonchev–Trinajstić information content (AvgIpc) is 2.55. The summed E-state index contributed by atoms with van der Waals surface area (Å²) in [7, 11) is -0.858. The first-order chi connectivity index (χ1) is 10.1. The molecule has 0 saturated carbocycles. The number of aromatic hydroxyl groups is 1. The smallest absolute Gasteiger partial charge is 0.264 e. The molecular weight excluding hydrogens is 291 g/mol. The second-order valence-corrected chi connectivity index (χ2v) is 6.74. The van der Waals surface area contributed by atoms with Crippen LogP contribution in [0.25, 0.3) is 0 Å². The molecular formula is C15H15O5P. The molecule has 0 radical (unpaired) electrons. The van der Waals surface area contributed by atoms with Crippen LogP contribution in [0.3, 0.4) is 0 Å². The Morgan fingerprint density at radius 1 is 1.14 bits per heavy atom. The SMILES string of the molecule is COc1cc(C=O)cc(P(=O)(OC)c2ccccc2)c1O. The molecule has 0 fully saturated rings. The van der Waals surface area contributed by atoms with Crippen LogP contribution in [0.4, 0.5) is 0 Å². The number of phenols is 1. The lowest BCUT2D eigenvalue weighted by atomic mass is 10.2. The molecule has 0 heterocycles. The van der Waals surface area contributed by atoms with Crippen LogP contribution in [0.15, 0.2) is 42.5 Å². The zero-order chi connectivity index (χ0) is 15.5. The third-order valence-corrected chi connectivity index (χ3v) is 5.57. The molecule has 21 heavy (non-hydrogen) atoms. The van der Waals surface area contributed by atoms with E-state index in [0.717, 1.165) is 0 Å². The van der Waals surface area contributed by atoms with Gasteiger partial charge in [0.25, 0.3) is 7.37 Å². The van der Waals surface area contributed by atoms with Gasteiger partial charge < -0.3 is 14.4 Å². The summed E-state index contributed by atoms with van der Waals surface area (Å²) < 4.78 is 23.4. The van der Waals surface area contributed by atoms with Crippen molar-refractivity contribution in [3.8, 4) is 11.5 Å². The summed E-state index contributed by atoms with van der Waals surface area (Å²) in [6.07, 6.45) is 0.594.